The Labute approximate surface area is 169 Å². The molecule has 1 aromatic carbocycles. The largest absolute Gasteiger partial charge is 0.494 e. The standard InChI is InChI=1S/C21H25N5O3/c1-4-29-21(27)16-14-22-19-15(6-5-7-17(19)28-3)20(16)26-12-10-25(11-13-26)18-8-9-23-24(18)2/h5-9,14H,4,10-13H2,1-3H3. The Morgan fingerprint density at radius 1 is 1.14 bits per heavy atom. The zero-order chi connectivity index (χ0) is 20.4. The summed E-state index contributed by atoms with van der Waals surface area (Å²) in [5.74, 6) is 1.43. The molecule has 29 heavy (non-hydrogen) atoms. The van der Waals surface area contributed by atoms with E-state index in [1.54, 1.807) is 13.3 Å². The van der Waals surface area contributed by atoms with E-state index in [9.17, 15) is 4.79 Å². The van der Waals surface area contributed by atoms with Gasteiger partial charge in [0.1, 0.15) is 22.6 Å². The number of hydrogen-bond acceptors (Lipinski definition) is 7. The summed E-state index contributed by atoms with van der Waals surface area (Å²) < 4.78 is 12.7. The highest BCUT2D eigenvalue weighted by Crippen LogP contribution is 2.35. The molecule has 8 nitrogen and oxygen atoms in total. The number of carbonyl (C=O) groups is 1. The van der Waals surface area contributed by atoms with Crippen LogP contribution in [-0.2, 0) is 11.8 Å². The molecule has 0 spiro atoms. The fourth-order valence-corrected chi connectivity index (χ4v) is 3.88. The molecule has 0 atom stereocenters. The maximum Gasteiger partial charge on any atom is 0.341 e. The van der Waals surface area contributed by atoms with Crippen molar-refractivity contribution >= 4 is 28.4 Å². The first-order valence-electron chi connectivity index (χ1n) is 9.74. The molecule has 2 aromatic heterocycles. The number of anilines is 2. The predicted octanol–water partition coefficient (Wildman–Crippen LogP) is 2.48. The molecule has 3 heterocycles. The van der Waals surface area contributed by atoms with Gasteiger partial charge in [-0.2, -0.15) is 5.10 Å². The molecule has 0 amide bonds. The molecular formula is C21H25N5O3. The Balaban J connectivity index is 1.72. The predicted molar refractivity (Wildman–Crippen MR) is 112 cm³/mol. The van der Waals surface area contributed by atoms with E-state index in [0.717, 1.165) is 48.6 Å². The van der Waals surface area contributed by atoms with E-state index in [0.29, 0.717) is 17.9 Å². The van der Waals surface area contributed by atoms with Crippen molar-refractivity contribution in [2.24, 2.45) is 7.05 Å². The molecule has 3 aromatic rings. The summed E-state index contributed by atoms with van der Waals surface area (Å²) in [5.41, 5.74) is 2.09. The van der Waals surface area contributed by atoms with Gasteiger partial charge in [0, 0.05) is 50.9 Å². The Morgan fingerprint density at radius 3 is 2.55 bits per heavy atom. The van der Waals surface area contributed by atoms with Gasteiger partial charge in [0.15, 0.2) is 0 Å². The van der Waals surface area contributed by atoms with Crippen molar-refractivity contribution in [2.45, 2.75) is 6.92 Å². The fraction of sp³-hybridized carbons (Fsp3) is 0.381. The van der Waals surface area contributed by atoms with Crippen LogP contribution >= 0.6 is 0 Å². The number of piperazine rings is 1. The number of hydrogen-bond donors (Lipinski definition) is 0. The van der Waals surface area contributed by atoms with Crippen molar-refractivity contribution in [1.82, 2.24) is 14.8 Å². The monoisotopic (exact) mass is 395 g/mol. The lowest BCUT2D eigenvalue weighted by atomic mass is 10.1. The Kier molecular flexibility index (Phi) is 5.24. The van der Waals surface area contributed by atoms with Crippen molar-refractivity contribution in [3.63, 3.8) is 0 Å². The summed E-state index contributed by atoms with van der Waals surface area (Å²) in [6, 6.07) is 7.81. The van der Waals surface area contributed by atoms with Gasteiger partial charge in [-0.1, -0.05) is 12.1 Å². The minimum atomic E-state index is -0.353. The van der Waals surface area contributed by atoms with Crippen LogP contribution in [0.5, 0.6) is 5.75 Å². The number of carbonyl (C=O) groups excluding carboxylic acids is 1. The Bertz CT molecular complexity index is 1020. The van der Waals surface area contributed by atoms with Gasteiger partial charge in [-0.15, -0.1) is 0 Å². The van der Waals surface area contributed by atoms with E-state index < -0.39 is 0 Å². The molecule has 0 saturated carbocycles. The first-order chi connectivity index (χ1) is 14.1. The molecule has 0 bridgehead atoms. The lowest BCUT2D eigenvalue weighted by Gasteiger charge is -2.38. The number of aryl methyl sites for hydroxylation is 1. The zero-order valence-electron chi connectivity index (χ0n) is 17.0. The average Bonchev–Trinajstić information content (AvgIpc) is 3.18. The number of benzene rings is 1. The highest BCUT2D eigenvalue weighted by molar-refractivity contribution is 6.06. The van der Waals surface area contributed by atoms with Gasteiger partial charge in [-0.3, -0.25) is 9.67 Å². The Hall–Kier alpha value is -3.29. The number of nitrogens with zero attached hydrogens (tertiary/aromatic N) is 5. The summed E-state index contributed by atoms with van der Waals surface area (Å²) in [6.45, 7) is 5.33. The van der Waals surface area contributed by atoms with Crippen LogP contribution in [0.15, 0.2) is 36.7 Å². The first kappa shape index (κ1) is 19.0. The highest BCUT2D eigenvalue weighted by Gasteiger charge is 2.26. The lowest BCUT2D eigenvalue weighted by molar-refractivity contribution is 0.0526. The molecule has 8 heteroatoms. The second kappa shape index (κ2) is 7.98. The van der Waals surface area contributed by atoms with Crippen molar-refractivity contribution < 1.29 is 14.3 Å². The SMILES string of the molecule is CCOC(=O)c1cnc2c(OC)cccc2c1N1CCN(c2ccnn2C)CC1. The van der Waals surface area contributed by atoms with Gasteiger partial charge < -0.3 is 19.3 Å². The molecule has 0 radical (unpaired) electrons. The third-order valence-electron chi connectivity index (χ3n) is 5.26. The molecule has 0 unspecified atom stereocenters. The van der Waals surface area contributed by atoms with Crippen molar-refractivity contribution in [3.05, 3.63) is 42.2 Å². The van der Waals surface area contributed by atoms with Crippen LogP contribution in [0.25, 0.3) is 10.9 Å². The molecule has 152 valence electrons. The molecule has 0 N–H and O–H groups in total. The van der Waals surface area contributed by atoms with Crippen LogP contribution in [0, 0.1) is 0 Å². The minimum Gasteiger partial charge on any atom is -0.494 e. The van der Waals surface area contributed by atoms with Crippen molar-refractivity contribution in [2.75, 3.05) is 49.7 Å². The van der Waals surface area contributed by atoms with Gasteiger partial charge in [0.2, 0.25) is 0 Å². The van der Waals surface area contributed by atoms with E-state index in [1.165, 1.54) is 0 Å². The summed E-state index contributed by atoms with van der Waals surface area (Å²) in [7, 11) is 3.57. The van der Waals surface area contributed by atoms with Gasteiger partial charge in [-0.05, 0) is 13.0 Å². The number of esters is 1. The smallest absolute Gasteiger partial charge is 0.341 e. The van der Waals surface area contributed by atoms with Crippen LogP contribution in [0.1, 0.15) is 17.3 Å². The third-order valence-corrected chi connectivity index (χ3v) is 5.26. The van der Waals surface area contributed by atoms with Crippen molar-refractivity contribution in [1.29, 1.82) is 0 Å². The summed E-state index contributed by atoms with van der Waals surface area (Å²) >= 11 is 0. The van der Waals surface area contributed by atoms with Crippen LogP contribution in [-0.4, -0.2) is 60.6 Å². The van der Waals surface area contributed by atoms with Gasteiger partial charge in [0.25, 0.3) is 0 Å². The number of aromatic nitrogens is 3. The van der Waals surface area contributed by atoms with Gasteiger partial charge in [-0.25, -0.2) is 4.79 Å². The maximum absolute atomic E-state index is 12.7. The Morgan fingerprint density at radius 2 is 1.90 bits per heavy atom. The van der Waals surface area contributed by atoms with Crippen LogP contribution in [0.2, 0.25) is 0 Å². The van der Waals surface area contributed by atoms with E-state index >= 15 is 0 Å². The van der Waals surface area contributed by atoms with E-state index in [-0.39, 0.29) is 5.97 Å². The van der Waals surface area contributed by atoms with Gasteiger partial charge >= 0.3 is 5.97 Å². The average molecular weight is 395 g/mol. The second-order valence-corrected chi connectivity index (χ2v) is 6.88. The van der Waals surface area contributed by atoms with E-state index in [1.807, 2.05) is 49.1 Å². The summed E-state index contributed by atoms with van der Waals surface area (Å²) in [6.07, 6.45) is 3.41. The molecule has 1 saturated heterocycles. The van der Waals surface area contributed by atoms with E-state index in [2.05, 4.69) is 19.9 Å². The van der Waals surface area contributed by atoms with Crippen LogP contribution < -0.4 is 14.5 Å². The maximum atomic E-state index is 12.7. The van der Waals surface area contributed by atoms with Crippen LogP contribution in [0.3, 0.4) is 0 Å². The zero-order valence-corrected chi connectivity index (χ0v) is 17.0. The number of pyridine rings is 1. The number of methoxy groups -OCH3 is 1. The fourth-order valence-electron chi connectivity index (χ4n) is 3.88. The molecule has 0 aliphatic carbocycles. The molecule has 4 rings (SSSR count). The summed E-state index contributed by atoms with van der Waals surface area (Å²) in [4.78, 5) is 21.7. The minimum absolute atomic E-state index is 0.322. The van der Waals surface area contributed by atoms with Gasteiger partial charge in [0.05, 0.1) is 25.6 Å². The normalized spacial score (nSPS) is 14.3. The third kappa shape index (κ3) is 3.46. The molecule has 1 fully saturated rings. The molecule has 1 aliphatic heterocycles. The second-order valence-electron chi connectivity index (χ2n) is 6.88. The quantitative estimate of drug-likeness (QED) is 0.615. The highest BCUT2D eigenvalue weighted by atomic mass is 16.5. The first-order valence-corrected chi connectivity index (χ1v) is 9.74. The van der Waals surface area contributed by atoms with Crippen LogP contribution in [0.4, 0.5) is 11.5 Å². The summed E-state index contributed by atoms with van der Waals surface area (Å²) in [5, 5.41) is 5.16. The number of para-hydroxylation sites is 1. The number of rotatable bonds is 5. The topological polar surface area (TPSA) is 72.7 Å². The molecule has 1 aliphatic rings. The van der Waals surface area contributed by atoms with E-state index in [4.69, 9.17) is 9.47 Å². The van der Waals surface area contributed by atoms with Crippen molar-refractivity contribution in [3.8, 4) is 5.75 Å². The lowest BCUT2D eigenvalue weighted by Crippen LogP contribution is -2.47. The number of fused-ring (bicyclic) bond motifs is 1. The molecular weight excluding hydrogens is 370 g/mol. The number of ether oxygens (including phenoxy) is 2.